The molecule has 0 saturated carbocycles. The van der Waals surface area contributed by atoms with Gasteiger partial charge in [-0.1, -0.05) is 18.2 Å². The Morgan fingerprint density at radius 1 is 0.939 bits per heavy atom. The molecule has 0 saturated heterocycles. The van der Waals surface area contributed by atoms with Crippen LogP contribution in [0.15, 0.2) is 73.1 Å². The number of benzene rings is 2. The molecule has 0 atom stereocenters. The number of pyridine rings is 2. The number of carbonyl (C=O) groups excluding carboxylic acids is 2. The van der Waals surface area contributed by atoms with Gasteiger partial charge >= 0.3 is 0 Å². The van der Waals surface area contributed by atoms with Crippen LogP contribution in [-0.2, 0) is 4.79 Å². The summed E-state index contributed by atoms with van der Waals surface area (Å²) < 4.78 is 10.7. The van der Waals surface area contributed by atoms with E-state index in [1.54, 1.807) is 50.7 Å². The third-order valence-corrected chi connectivity index (χ3v) is 4.99. The highest BCUT2D eigenvalue weighted by Crippen LogP contribution is 2.33. The van der Waals surface area contributed by atoms with E-state index in [1.165, 1.54) is 6.20 Å². The van der Waals surface area contributed by atoms with Crippen molar-refractivity contribution in [2.75, 3.05) is 26.1 Å². The van der Waals surface area contributed by atoms with Crippen molar-refractivity contribution < 1.29 is 19.1 Å². The van der Waals surface area contributed by atoms with E-state index in [-0.39, 0.29) is 18.4 Å². The highest BCUT2D eigenvalue weighted by Gasteiger charge is 2.16. The van der Waals surface area contributed by atoms with Gasteiger partial charge in [0.2, 0.25) is 5.91 Å². The average Bonchev–Trinajstić information content (AvgIpc) is 2.86. The van der Waals surface area contributed by atoms with Crippen molar-refractivity contribution in [3.05, 3.63) is 78.6 Å². The van der Waals surface area contributed by atoms with Crippen molar-refractivity contribution >= 4 is 28.4 Å². The maximum Gasteiger partial charge on any atom is 0.252 e. The standard InChI is InChI=1S/C25H22N4O4/c1-32-22-10-9-16(12-23(22)33-2)21-13-19(18-7-3-4-8-20(18)29-21)25(31)27-15-24(30)28-17-6-5-11-26-14-17/h3-14H,15H2,1-2H3,(H,27,31)(H,28,30). The van der Waals surface area contributed by atoms with Crippen LogP contribution in [0.1, 0.15) is 10.4 Å². The normalized spacial score (nSPS) is 10.5. The molecule has 4 rings (SSSR count). The summed E-state index contributed by atoms with van der Waals surface area (Å²) in [6.45, 7) is -0.184. The number of fused-ring (bicyclic) bond motifs is 1. The molecule has 0 unspecified atom stereocenters. The van der Waals surface area contributed by atoms with Gasteiger partial charge in [0, 0.05) is 17.1 Å². The minimum absolute atomic E-state index is 0.184. The number of para-hydroxylation sites is 1. The van der Waals surface area contributed by atoms with Crippen LogP contribution in [0.2, 0.25) is 0 Å². The van der Waals surface area contributed by atoms with E-state index in [4.69, 9.17) is 14.5 Å². The number of rotatable bonds is 7. The lowest BCUT2D eigenvalue weighted by Crippen LogP contribution is -2.33. The number of nitrogens with zero attached hydrogens (tertiary/aromatic N) is 2. The highest BCUT2D eigenvalue weighted by molar-refractivity contribution is 6.08. The van der Waals surface area contributed by atoms with Crippen molar-refractivity contribution in [2.45, 2.75) is 0 Å². The first-order chi connectivity index (χ1) is 16.1. The Morgan fingerprint density at radius 2 is 1.76 bits per heavy atom. The molecule has 2 heterocycles. The van der Waals surface area contributed by atoms with Crippen molar-refractivity contribution in [1.29, 1.82) is 0 Å². The number of hydrogen-bond acceptors (Lipinski definition) is 6. The molecule has 0 fully saturated rings. The van der Waals surface area contributed by atoms with E-state index in [9.17, 15) is 9.59 Å². The van der Waals surface area contributed by atoms with Crippen molar-refractivity contribution in [1.82, 2.24) is 15.3 Å². The number of hydrogen-bond donors (Lipinski definition) is 2. The third-order valence-electron chi connectivity index (χ3n) is 4.99. The fourth-order valence-corrected chi connectivity index (χ4v) is 3.40. The number of amides is 2. The molecule has 0 aliphatic carbocycles. The minimum atomic E-state index is -0.378. The number of anilines is 1. The van der Waals surface area contributed by atoms with E-state index < -0.39 is 0 Å². The summed E-state index contributed by atoms with van der Waals surface area (Å²) in [4.78, 5) is 33.9. The molecular formula is C25H22N4O4. The monoisotopic (exact) mass is 442 g/mol. The van der Waals surface area contributed by atoms with Gasteiger partial charge in [-0.2, -0.15) is 0 Å². The van der Waals surface area contributed by atoms with Crippen LogP contribution >= 0.6 is 0 Å². The molecule has 2 aromatic heterocycles. The van der Waals surface area contributed by atoms with Gasteiger partial charge in [0.05, 0.1) is 49.4 Å². The van der Waals surface area contributed by atoms with Crippen LogP contribution in [0.25, 0.3) is 22.2 Å². The zero-order valence-electron chi connectivity index (χ0n) is 18.2. The van der Waals surface area contributed by atoms with E-state index in [1.807, 2.05) is 30.3 Å². The van der Waals surface area contributed by atoms with Crippen molar-refractivity contribution in [2.24, 2.45) is 0 Å². The lowest BCUT2D eigenvalue weighted by molar-refractivity contribution is -0.115. The molecule has 2 aromatic carbocycles. The molecule has 0 spiro atoms. The van der Waals surface area contributed by atoms with Crippen molar-refractivity contribution in [3.63, 3.8) is 0 Å². The number of nitrogens with one attached hydrogen (secondary N) is 2. The quantitative estimate of drug-likeness (QED) is 0.453. The fourth-order valence-electron chi connectivity index (χ4n) is 3.40. The molecule has 4 aromatic rings. The maximum atomic E-state index is 13.0. The Bertz CT molecular complexity index is 1310. The summed E-state index contributed by atoms with van der Waals surface area (Å²) in [5.41, 5.74) is 3.00. The number of methoxy groups -OCH3 is 2. The Balaban J connectivity index is 1.61. The number of carbonyl (C=O) groups is 2. The molecule has 166 valence electrons. The average molecular weight is 442 g/mol. The van der Waals surface area contributed by atoms with E-state index in [2.05, 4.69) is 15.6 Å². The lowest BCUT2D eigenvalue weighted by atomic mass is 10.0. The molecule has 2 N–H and O–H groups in total. The smallest absolute Gasteiger partial charge is 0.252 e. The molecule has 0 aliphatic heterocycles. The first-order valence-electron chi connectivity index (χ1n) is 10.2. The fraction of sp³-hybridized carbons (Fsp3) is 0.120. The second-order valence-corrected chi connectivity index (χ2v) is 7.11. The first kappa shape index (κ1) is 21.8. The highest BCUT2D eigenvalue weighted by atomic mass is 16.5. The van der Waals surface area contributed by atoms with E-state index in [0.717, 1.165) is 5.56 Å². The van der Waals surface area contributed by atoms with Crippen LogP contribution < -0.4 is 20.1 Å². The van der Waals surface area contributed by atoms with Crippen LogP contribution in [0, 0.1) is 0 Å². The minimum Gasteiger partial charge on any atom is -0.493 e. The van der Waals surface area contributed by atoms with Gasteiger partial charge in [-0.3, -0.25) is 14.6 Å². The molecule has 0 aliphatic rings. The van der Waals surface area contributed by atoms with Gasteiger partial charge in [0.25, 0.3) is 5.91 Å². The molecule has 33 heavy (non-hydrogen) atoms. The summed E-state index contributed by atoms with van der Waals surface area (Å²) in [5, 5.41) is 6.07. The van der Waals surface area contributed by atoms with E-state index in [0.29, 0.717) is 39.3 Å². The second kappa shape index (κ2) is 9.78. The second-order valence-electron chi connectivity index (χ2n) is 7.11. The van der Waals surface area contributed by atoms with Gasteiger partial charge in [-0.15, -0.1) is 0 Å². The zero-order valence-corrected chi connectivity index (χ0v) is 18.2. The SMILES string of the molecule is COc1ccc(-c2cc(C(=O)NCC(=O)Nc3cccnc3)c3ccccc3n2)cc1OC. The first-order valence-corrected chi connectivity index (χ1v) is 10.2. The van der Waals surface area contributed by atoms with Crippen LogP contribution in [-0.4, -0.2) is 42.5 Å². The maximum absolute atomic E-state index is 13.0. The molecular weight excluding hydrogens is 420 g/mol. The third kappa shape index (κ3) is 4.90. The summed E-state index contributed by atoms with van der Waals surface area (Å²) in [5.74, 6) is 0.425. The topological polar surface area (TPSA) is 102 Å². The van der Waals surface area contributed by atoms with Gasteiger partial charge in [-0.25, -0.2) is 4.98 Å². The summed E-state index contributed by atoms with van der Waals surface area (Å²) in [6.07, 6.45) is 3.15. The molecule has 8 nitrogen and oxygen atoms in total. The van der Waals surface area contributed by atoms with Gasteiger partial charge < -0.3 is 20.1 Å². The largest absolute Gasteiger partial charge is 0.493 e. The van der Waals surface area contributed by atoms with Crippen LogP contribution in [0.5, 0.6) is 11.5 Å². The predicted octanol–water partition coefficient (Wildman–Crippen LogP) is 3.68. The van der Waals surface area contributed by atoms with Gasteiger partial charge in [-0.05, 0) is 42.5 Å². The number of aromatic nitrogens is 2. The molecule has 2 amide bonds. The number of ether oxygens (including phenoxy) is 2. The Labute approximate surface area is 190 Å². The Hall–Kier alpha value is -4.46. The molecule has 0 bridgehead atoms. The van der Waals surface area contributed by atoms with E-state index >= 15 is 0 Å². The van der Waals surface area contributed by atoms with Crippen LogP contribution in [0.4, 0.5) is 5.69 Å². The summed E-state index contributed by atoms with van der Waals surface area (Å²) >= 11 is 0. The Kier molecular flexibility index (Phi) is 6.45. The predicted molar refractivity (Wildman–Crippen MR) is 125 cm³/mol. The summed E-state index contributed by atoms with van der Waals surface area (Å²) in [7, 11) is 3.13. The zero-order chi connectivity index (χ0) is 23.2. The lowest BCUT2D eigenvalue weighted by Gasteiger charge is -2.12. The molecule has 0 radical (unpaired) electrons. The van der Waals surface area contributed by atoms with Crippen LogP contribution in [0.3, 0.4) is 0 Å². The van der Waals surface area contributed by atoms with Crippen molar-refractivity contribution in [3.8, 4) is 22.8 Å². The van der Waals surface area contributed by atoms with Gasteiger partial charge in [0.15, 0.2) is 11.5 Å². The molecule has 8 heteroatoms. The Morgan fingerprint density at radius 3 is 2.52 bits per heavy atom. The summed E-state index contributed by atoms with van der Waals surface area (Å²) in [6, 6.07) is 17.9. The van der Waals surface area contributed by atoms with Gasteiger partial charge in [0.1, 0.15) is 0 Å².